The largest absolute Gasteiger partial charge is 0.497 e. The molecule has 1 heterocycles. The van der Waals surface area contributed by atoms with Gasteiger partial charge in [0.1, 0.15) is 11.6 Å². The van der Waals surface area contributed by atoms with Gasteiger partial charge in [0.05, 0.1) is 24.5 Å². The lowest BCUT2D eigenvalue weighted by molar-refractivity contribution is -0.117. The van der Waals surface area contributed by atoms with Crippen molar-refractivity contribution < 1.29 is 18.7 Å². The second kappa shape index (κ2) is 8.78. The Balaban J connectivity index is 1.76. The predicted molar refractivity (Wildman–Crippen MR) is 129 cm³/mol. The van der Waals surface area contributed by atoms with Gasteiger partial charge >= 0.3 is 0 Å². The number of benzene rings is 3. The van der Waals surface area contributed by atoms with Crippen molar-refractivity contribution in [2.75, 3.05) is 17.3 Å². The van der Waals surface area contributed by atoms with Gasteiger partial charge in [0.25, 0.3) is 5.91 Å². The summed E-state index contributed by atoms with van der Waals surface area (Å²) in [6.07, 6.45) is 1.13. The number of fused-ring (bicyclic) bond motifs is 1. The maximum atomic E-state index is 14.0. The number of amides is 1. The molecule has 6 heteroatoms. The first-order valence-corrected chi connectivity index (χ1v) is 11.3. The molecule has 0 saturated carbocycles. The van der Waals surface area contributed by atoms with Crippen LogP contribution in [0.5, 0.6) is 5.75 Å². The van der Waals surface area contributed by atoms with Gasteiger partial charge in [-0.15, -0.1) is 0 Å². The van der Waals surface area contributed by atoms with Crippen LogP contribution in [0.2, 0.25) is 0 Å². The van der Waals surface area contributed by atoms with Gasteiger partial charge in [0, 0.05) is 23.3 Å². The molecule has 1 aliphatic heterocycles. The van der Waals surface area contributed by atoms with E-state index in [9.17, 15) is 14.0 Å². The minimum Gasteiger partial charge on any atom is -0.497 e. The molecule has 0 unspecified atom stereocenters. The molecule has 0 fully saturated rings. The topological polar surface area (TPSA) is 58.6 Å². The van der Waals surface area contributed by atoms with E-state index >= 15 is 0 Å². The number of carbonyl (C=O) groups is 2. The van der Waals surface area contributed by atoms with Gasteiger partial charge in [-0.05, 0) is 66.4 Å². The number of ether oxygens (including phenoxy) is 1. The highest BCUT2D eigenvalue weighted by atomic mass is 19.1. The van der Waals surface area contributed by atoms with Crippen molar-refractivity contribution in [2.45, 2.75) is 25.8 Å². The smallest absolute Gasteiger partial charge is 0.259 e. The lowest BCUT2D eigenvalue weighted by Gasteiger charge is -2.34. The molecular formula is C28H25FN2O3. The molecule has 3 aromatic rings. The summed E-state index contributed by atoms with van der Waals surface area (Å²) in [6.45, 7) is 2.06. The fourth-order valence-electron chi connectivity index (χ4n) is 4.84. The van der Waals surface area contributed by atoms with Gasteiger partial charge in [-0.3, -0.25) is 14.5 Å². The number of Topliss-reactive ketones (excluding diaryl/α,β-unsaturated/α-hetero) is 1. The number of para-hydroxylation sites is 2. The number of carbonyl (C=O) groups excluding carboxylic acids is 2. The zero-order valence-corrected chi connectivity index (χ0v) is 19.0. The number of nitrogens with zero attached hydrogens (tertiary/aromatic N) is 1. The van der Waals surface area contributed by atoms with Gasteiger partial charge in [-0.1, -0.05) is 31.2 Å². The number of ketones is 1. The normalized spacial score (nSPS) is 19.6. The molecule has 0 spiro atoms. The number of allylic oxidation sites excluding steroid dienone is 1. The Morgan fingerprint density at radius 3 is 2.41 bits per heavy atom. The van der Waals surface area contributed by atoms with E-state index in [1.807, 2.05) is 48.5 Å². The molecule has 5 rings (SSSR count). The second-order valence-electron chi connectivity index (χ2n) is 8.83. The van der Waals surface area contributed by atoms with Crippen molar-refractivity contribution in [3.8, 4) is 5.75 Å². The maximum Gasteiger partial charge on any atom is 0.259 e. The van der Waals surface area contributed by atoms with Crippen molar-refractivity contribution in [1.82, 2.24) is 0 Å². The van der Waals surface area contributed by atoms with E-state index in [0.717, 1.165) is 16.9 Å². The van der Waals surface area contributed by atoms with Gasteiger partial charge < -0.3 is 10.1 Å². The van der Waals surface area contributed by atoms with E-state index in [-0.39, 0.29) is 17.6 Å². The quantitative estimate of drug-likeness (QED) is 0.533. The summed E-state index contributed by atoms with van der Waals surface area (Å²) in [6, 6.07) is 19.8. The Kier molecular flexibility index (Phi) is 5.65. The molecule has 2 aliphatic rings. The Labute approximate surface area is 197 Å². The first-order chi connectivity index (χ1) is 16.5. The van der Waals surface area contributed by atoms with Crippen LogP contribution in [0.3, 0.4) is 0 Å². The summed E-state index contributed by atoms with van der Waals surface area (Å²) < 4.78 is 18.9. The number of hydrogen-bond donors (Lipinski definition) is 1. The minimum absolute atomic E-state index is 0.0202. The Hall–Kier alpha value is -3.93. The van der Waals surface area contributed by atoms with Crippen LogP contribution < -0.4 is 15.0 Å². The highest BCUT2D eigenvalue weighted by Crippen LogP contribution is 2.46. The van der Waals surface area contributed by atoms with E-state index in [4.69, 9.17) is 4.74 Å². The van der Waals surface area contributed by atoms with E-state index in [1.165, 1.54) is 24.3 Å². The van der Waals surface area contributed by atoms with Crippen molar-refractivity contribution in [2.24, 2.45) is 5.92 Å². The second-order valence-corrected chi connectivity index (χ2v) is 8.83. The minimum atomic E-state index is -0.644. The highest BCUT2D eigenvalue weighted by molar-refractivity contribution is 6.11. The average molecular weight is 457 g/mol. The van der Waals surface area contributed by atoms with E-state index in [1.54, 1.807) is 12.0 Å². The van der Waals surface area contributed by atoms with E-state index < -0.39 is 11.9 Å². The van der Waals surface area contributed by atoms with Crippen molar-refractivity contribution in [3.63, 3.8) is 0 Å². The third kappa shape index (κ3) is 3.85. The average Bonchev–Trinajstić information content (AvgIpc) is 2.98. The van der Waals surface area contributed by atoms with E-state index in [0.29, 0.717) is 35.4 Å². The maximum absolute atomic E-state index is 14.0. The molecule has 0 saturated heterocycles. The molecule has 1 N–H and O–H groups in total. The van der Waals surface area contributed by atoms with Crippen LogP contribution in [0.15, 0.2) is 84.1 Å². The summed E-state index contributed by atoms with van der Waals surface area (Å²) in [5.74, 6) is 0.177. The first kappa shape index (κ1) is 21.9. The zero-order valence-electron chi connectivity index (χ0n) is 19.0. The van der Waals surface area contributed by atoms with Crippen LogP contribution in [-0.4, -0.2) is 18.8 Å². The van der Waals surface area contributed by atoms with Crippen molar-refractivity contribution in [3.05, 3.63) is 101 Å². The van der Waals surface area contributed by atoms with Crippen LogP contribution in [-0.2, 0) is 4.79 Å². The van der Waals surface area contributed by atoms with Crippen LogP contribution in [0.25, 0.3) is 0 Å². The summed E-state index contributed by atoms with van der Waals surface area (Å²) in [5.41, 5.74) is 3.98. The lowest BCUT2D eigenvalue weighted by atomic mass is 9.81. The molecule has 0 radical (unpaired) electrons. The number of methoxy groups -OCH3 is 1. The number of hydrogen-bond acceptors (Lipinski definition) is 4. The molecule has 1 aliphatic carbocycles. The number of anilines is 2. The third-order valence-corrected chi connectivity index (χ3v) is 6.43. The molecular weight excluding hydrogens is 431 g/mol. The SMILES string of the molecule is COc1ccc([C@@H]2C3=C(C[C@@H](C)CC3=O)Nc3ccccc3N2C(=O)c2ccc(F)cc2)cc1. The summed E-state index contributed by atoms with van der Waals surface area (Å²) in [7, 11) is 1.60. The monoisotopic (exact) mass is 456 g/mol. The van der Waals surface area contributed by atoms with Crippen LogP contribution >= 0.6 is 0 Å². The fraction of sp³-hybridized carbons (Fsp3) is 0.214. The lowest BCUT2D eigenvalue weighted by Crippen LogP contribution is -2.38. The molecule has 3 aromatic carbocycles. The summed E-state index contributed by atoms with van der Waals surface area (Å²) in [4.78, 5) is 29.1. The molecule has 0 aromatic heterocycles. The van der Waals surface area contributed by atoms with Crippen LogP contribution in [0, 0.1) is 11.7 Å². The third-order valence-electron chi connectivity index (χ3n) is 6.43. The van der Waals surface area contributed by atoms with Gasteiger partial charge in [0.15, 0.2) is 5.78 Å². The molecule has 1 amide bonds. The molecule has 172 valence electrons. The molecule has 2 atom stereocenters. The molecule has 34 heavy (non-hydrogen) atoms. The van der Waals surface area contributed by atoms with Gasteiger partial charge in [-0.2, -0.15) is 0 Å². The van der Waals surface area contributed by atoms with Gasteiger partial charge in [0.2, 0.25) is 0 Å². The molecule has 5 nitrogen and oxygen atoms in total. The zero-order chi connectivity index (χ0) is 23.8. The summed E-state index contributed by atoms with van der Waals surface area (Å²) in [5, 5.41) is 3.47. The van der Waals surface area contributed by atoms with Crippen LogP contribution in [0.4, 0.5) is 15.8 Å². The standard InChI is InChI=1S/C28H25FN2O3/c1-17-15-23-26(25(32)16-17)27(18-9-13-21(34-2)14-10-18)31(24-6-4-3-5-22(24)30-23)28(33)19-7-11-20(29)12-8-19/h3-14,17,27,30H,15-16H2,1-2H3/t17-,27-/m1/s1. The Morgan fingerprint density at radius 1 is 1.00 bits per heavy atom. The molecule has 0 bridgehead atoms. The highest BCUT2D eigenvalue weighted by Gasteiger charge is 2.40. The number of nitrogens with one attached hydrogen (secondary N) is 1. The van der Waals surface area contributed by atoms with E-state index in [2.05, 4.69) is 12.2 Å². The number of rotatable bonds is 3. The fourth-order valence-corrected chi connectivity index (χ4v) is 4.84. The first-order valence-electron chi connectivity index (χ1n) is 11.3. The van der Waals surface area contributed by atoms with Crippen LogP contribution in [0.1, 0.15) is 41.7 Å². The van der Waals surface area contributed by atoms with Crippen molar-refractivity contribution >= 4 is 23.1 Å². The number of halogens is 1. The van der Waals surface area contributed by atoms with Crippen molar-refractivity contribution in [1.29, 1.82) is 0 Å². The predicted octanol–water partition coefficient (Wildman–Crippen LogP) is 5.90. The Morgan fingerprint density at radius 2 is 1.71 bits per heavy atom. The Bertz CT molecular complexity index is 1280. The summed E-state index contributed by atoms with van der Waals surface area (Å²) >= 11 is 0. The van der Waals surface area contributed by atoms with Gasteiger partial charge in [-0.25, -0.2) is 4.39 Å².